The Balaban J connectivity index is 1.93. The molecule has 1 aliphatic heterocycles. The number of nitriles is 1. The molecule has 2 aliphatic rings. The summed E-state index contributed by atoms with van der Waals surface area (Å²) in [6.07, 6.45) is 6.30. The lowest BCUT2D eigenvalue weighted by Gasteiger charge is -2.44. The lowest BCUT2D eigenvalue weighted by atomic mass is 9.76. The van der Waals surface area contributed by atoms with E-state index in [0.29, 0.717) is 6.04 Å². The maximum atomic E-state index is 9.42. The van der Waals surface area contributed by atoms with Gasteiger partial charge in [-0.25, -0.2) is 0 Å². The summed E-state index contributed by atoms with van der Waals surface area (Å²) in [7, 11) is 0. The molecule has 1 saturated heterocycles. The fourth-order valence-corrected chi connectivity index (χ4v) is 3.87. The van der Waals surface area contributed by atoms with Crippen molar-refractivity contribution in [3.8, 4) is 6.07 Å². The average Bonchev–Trinajstić information content (AvgIpc) is 2.47. The zero-order valence-electron chi connectivity index (χ0n) is 12.6. The van der Waals surface area contributed by atoms with E-state index >= 15 is 0 Å². The Kier molecular flexibility index (Phi) is 5.66. The molecule has 19 heavy (non-hydrogen) atoms. The first kappa shape index (κ1) is 14.8. The van der Waals surface area contributed by atoms with E-state index in [0.717, 1.165) is 25.4 Å². The van der Waals surface area contributed by atoms with E-state index in [1.807, 2.05) is 0 Å². The van der Waals surface area contributed by atoms with Gasteiger partial charge in [0.25, 0.3) is 0 Å². The molecule has 3 heteroatoms. The molecule has 1 saturated carbocycles. The van der Waals surface area contributed by atoms with Gasteiger partial charge in [-0.3, -0.25) is 4.90 Å². The largest absolute Gasteiger partial charge is 0.301 e. The predicted octanol–water partition coefficient (Wildman–Crippen LogP) is 2.73. The number of rotatable bonds is 4. The van der Waals surface area contributed by atoms with Crippen LogP contribution in [0.3, 0.4) is 0 Å². The molecule has 108 valence electrons. The SMILES string of the molecule is CCCC1CCC(C#N)C(N2CCN(CC)CC2)C1. The smallest absolute Gasteiger partial charge is 0.0672 e. The zero-order valence-corrected chi connectivity index (χ0v) is 12.6. The van der Waals surface area contributed by atoms with Crippen LogP contribution in [0.25, 0.3) is 0 Å². The minimum atomic E-state index is 0.279. The summed E-state index contributed by atoms with van der Waals surface area (Å²) in [6, 6.07) is 3.12. The highest BCUT2D eigenvalue weighted by molar-refractivity contribution is 4.98. The lowest BCUT2D eigenvalue weighted by molar-refractivity contribution is 0.0497. The van der Waals surface area contributed by atoms with Crippen molar-refractivity contribution in [1.29, 1.82) is 5.26 Å². The minimum absolute atomic E-state index is 0.279. The fraction of sp³-hybridized carbons (Fsp3) is 0.938. The average molecular weight is 263 g/mol. The summed E-state index contributed by atoms with van der Waals surface area (Å²) in [5.41, 5.74) is 0. The van der Waals surface area contributed by atoms with Crippen LogP contribution < -0.4 is 0 Å². The van der Waals surface area contributed by atoms with E-state index in [-0.39, 0.29) is 5.92 Å². The molecule has 0 spiro atoms. The quantitative estimate of drug-likeness (QED) is 0.781. The van der Waals surface area contributed by atoms with Crippen molar-refractivity contribution in [3.63, 3.8) is 0 Å². The Bertz CT molecular complexity index is 302. The molecule has 0 aromatic heterocycles. The molecule has 2 fully saturated rings. The second-order valence-corrected chi connectivity index (χ2v) is 6.24. The first-order chi connectivity index (χ1) is 9.28. The summed E-state index contributed by atoms with van der Waals surface area (Å²) >= 11 is 0. The van der Waals surface area contributed by atoms with Gasteiger partial charge in [0, 0.05) is 32.2 Å². The predicted molar refractivity (Wildman–Crippen MR) is 78.8 cm³/mol. The molecule has 0 amide bonds. The Morgan fingerprint density at radius 1 is 1.11 bits per heavy atom. The molecule has 0 N–H and O–H groups in total. The van der Waals surface area contributed by atoms with Crippen molar-refractivity contribution in [2.24, 2.45) is 11.8 Å². The molecule has 0 aromatic carbocycles. The van der Waals surface area contributed by atoms with Gasteiger partial charge in [0.1, 0.15) is 0 Å². The molecule has 2 rings (SSSR count). The summed E-state index contributed by atoms with van der Waals surface area (Å²) in [4.78, 5) is 5.13. The fourth-order valence-electron chi connectivity index (χ4n) is 3.87. The van der Waals surface area contributed by atoms with Gasteiger partial charge in [-0.1, -0.05) is 26.7 Å². The highest BCUT2D eigenvalue weighted by atomic mass is 15.3. The molecule has 1 aliphatic carbocycles. The highest BCUT2D eigenvalue weighted by Gasteiger charge is 2.35. The van der Waals surface area contributed by atoms with Gasteiger partial charge in [-0.05, 0) is 31.7 Å². The van der Waals surface area contributed by atoms with Gasteiger partial charge in [0.2, 0.25) is 0 Å². The number of nitrogens with zero attached hydrogens (tertiary/aromatic N) is 3. The van der Waals surface area contributed by atoms with Crippen molar-refractivity contribution >= 4 is 0 Å². The van der Waals surface area contributed by atoms with Crippen LogP contribution in [0.4, 0.5) is 0 Å². The van der Waals surface area contributed by atoms with Crippen molar-refractivity contribution in [1.82, 2.24) is 9.80 Å². The van der Waals surface area contributed by atoms with Crippen molar-refractivity contribution < 1.29 is 0 Å². The van der Waals surface area contributed by atoms with Gasteiger partial charge in [-0.15, -0.1) is 0 Å². The van der Waals surface area contributed by atoms with E-state index in [2.05, 4.69) is 29.7 Å². The molecule has 0 radical (unpaired) electrons. The van der Waals surface area contributed by atoms with Gasteiger partial charge in [-0.2, -0.15) is 5.26 Å². The number of piperazine rings is 1. The molecule has 1 heterocycles. The van der Waals surface area contributed by atoms with Crippen molar-refractivity contribution in [2.75, 3.05) is 32.7 Å². The summed E-state index contributed by atoms with van der Waals surface area (Å²) in [5.74, 6) is 1.14. The van der Waals surface area contributed by atoms with E-state index in [1.54, 1.807) is 0 Å². The molecule has 3 unspecified atom stereocenters. The van der Waals surface area contributed by atoms with E-state index in [1.165, 1.54) is 45.3 Å². The Labute approximate surface area is 118 Å². The molecule has 3 nitrogen and oxygen atoms in total. The van der Waals surface area contributed by atoms with Crippen LogP contribution in [0.5, 0.6) is 0 Å². The summed E-state index contributed by atoms with van der Waals surface area (Å²) in [5, 5.41) is 9.42. The third-order valence-electron chi connectivity index (χ3n) is 5.11. The highest BCUT2D eigenvalue weighted by Crippen LogP contribution is 2.34. The van der Waals surface area contributed by atoms with Gasteiger partial charge in [0.05, 0.1) is 12.0 Å². The van der Waals surface area contributed by atoms with Crippen LogP contribution in [0.15, 0.2) is 0 Å². The molecule has 0 bridgehead atoms. The lowest BCUT2D eigenvalue weighted by Crippen LogP contribution is -2.53. The normalized spacial score (nSPS) is 34.1. The maximum Gasteiger partial charge on any atom is 0.0672 e. The Morgan fingerprint density at radius 2 is 1.84 bits per heavy atom. The maximum absolute atomic E-state index is 9.42. The van der Waals surface area contributed by atoms with Crippen LogP contribution in [-0.4, -0.2) is 48.6 Å². The third-order valence-corrected chi connectivity index (χ3v) is 5.11. The topological polar surface area (TPSA) is 30.3 Å². The summed E-state index contributed by atoms with van der Waals surface area (Å²) in [6.45, 7) is 10.4. The van der Waals surface area contributed by atoms with Crippen molar-refractivity contribution in [3.05, 3.63) is 0 Å². The van der Waals surface area contributed by atoms with E-state index in [9.17, 15) is 5.26 Å². The zero-order chi connectivity index (χ0) is 13.7. The number of hydrogen-bond acceptors (Lipinski definition) is 3. The van der Waals surface area contributed by atoms with Crippen LogP contribution in [0.1, 0.15) is 46.0 Å². The first-order valence-corrected chi connectivity index (χ1v) is 8.14. The van der Waals surface area contributed by atoms with Gasteiger partial charge < -0.3 is 4.90 Å². The van der Waals surface area contributed by atoms with Gasteiger partial charge >= 0.3 is 0 Å². The Morgan fingerprint density at radius 3 is 2.42 bits per heavy atom. The second kappa shape index (κ2) is 7.26. The van der Waals surface area contributed by atoms with Gasteiger partial charge in [0.15, 0.2) is 0 Å². The molecular formula is C16H29N3. The minimum Gasteiger partial charge on any atom is -0.301 e. The van der Waals surface area contributed by atoms with Crippen LogP contribution >= 0.6 is 0 Å². The molecule has 3 atom stereocenters. The monoisotopic (exact) mass is 263 g/mol. The van der Waals surface area contributed by atoms with E-state index < -0.39 is 0 Å². The van der Waals surface area contributed by atoms with Crippen LogP contribution in [-0.2, 0) is 0 Å². The van der Waals surface area contributed by atoms with Crippen LogP contribution in [0.2, 0.25) is 0 Å². The molecular weight excluding hydrogens is 234 g/mol. The molecule has 0 aromatic rings. The first-order valence-electron chi connectivity index (χ1n) is 8.14. The number of hydrogen-bond donors (Lipinski definition) is 0. The van der Waals surface area contributed by atoms with Crippen LogP contribution in [0, 0.1) is 23.2 Å². The van der Waals surface area contributed by atoms with Crippen molar-refractivity contribution in [2.45, 2.75) is 52.0 Å². The Hall–Kier alpha value is -0.590. The second-order valence-electron chi connectivity index (χ2n) is 6.24. The summed E-state index contributed by atoms with van der Waals surface area (Å²) < 4.78 is 0. The standard InChI is InChI=1S/C16H29N3/c1-3-5-14-6-7-15(13-17)16(12-14)19-10-8-18(4-2)9-11-19/h14-16H,3-12H2,1-2H3. The third kappa shape index (κ3) is 3.70. The van der Waals surface area contributed by atoms with E-state index in [4.69, 9.17) is 0 Å². The number of likely N-dealkylation sites (N-methyl/N-ethyl adjacent to an activating group) is 1.